The molecule has 0 spiro atoms. The van der Waals surface area contributed by atoms with E-state index < -0.39 is 4.92 Å². The second kappa shape index (κ2) is 6.80. The largest absolute Gasteiger partial charge is 0.372 e. The van der Waals surface area contributed by atoms with Crippen LogP contribution in [0.5, 0.6) is 0 Å². The summed E-state index contributed by atoms with van der Waals surface area (Å²) in [6, 6.07) is 5.38. The Balaban J connectivity index is 1.98. The molecule has 1 N–H and O–H groups in total. The fourth-order valence-corrected chi connectivity index (χ4v) is 2.57. The summed E-state index contributed by atoms with van der Waals surface area (Å²) in [5, 5.41) is 13.6. The van der Waals surface area contributed by atoms with Gasteiger partial charge in [0.15, 0.2) is 5.11 Å². The summed E-state index contributed by atoms with van der Waals surface area (Å²) < 4.78 is 5.61. The Morgan fingerprint density at radius 3 is 2.36 bits per heavy atom. The molecule has 0 aromatic heterocycles. The summed E-state index contributed by atoms with van der Waals surface area (Å²) in [5.74, 6) is -0.383. The van der Waals surface area contributed by atoms with E-state index in [4.69, 9.17) is 17.0 Å². The number of morpholine rings is 1. The first-order valence-electron chi connectivity index (χ1n) is 6.87. The lowest BCUT2D eigenvalue weighted by molar-refractivity contribution is -0.384. The van der Waals surface area contributed by atoms with E-state index in [-0.39, 0.29) is 23.8 Å². The number of carbonyl (C=O) groups excluding carboxylic acids is 1. The molecule has 7 nitrogen and oxygen atoms in total. The zero-order valence-electron chi connectivity index (χ0n) is 12.3. The van der Waals surface area contributed by atoms with Crippen LogP contribution in [0.15, 0.2) is 24.3 Å². The molecule has 0 unspecified atom stereocenters. The normalized spacial score (nSPS) is 21.3. The molecule has 118 valence electrons. The van der Waals surface area contributed by atoms with Crippen LogP contribution < -0.4 is 5.32 Å². The number of amides is 1. The number of nitrogens with one attached hydrogen (secondary N) is 1. The second-order valence-electron chi connectivity index (χ2n) is 5.23. The number of nitro benzene ring substituents is 1. The highest BCUT2D eigenvalue weighted by Crippen LogP contribution is 2.13. The molecule has 1 fully saturated rings. The minimum absolute atomic E-state index is 0.0398. The van der Waals surface area contributed by atoms with Crippen LogP contribution in [0.1, 0.15) is 24.2 Å². The molecular weight excluding hydrogens is 306 g/mol. The lowest BCUT2D eigenvalue weighted by atomic mass is 10.2. The topological polar surface area (TPSA) is 84.7 Å². The first kappa shape index (κ1) is 16.3. The molecule has 1 aliphatic heterocycles. The maximum Gasteiger partial charge on any atom is 0.269 e. The first-order chi connectivity index (χ1) is 10.4. The van der Waals surface area contributed by atoms with E-state index in [0.29, 0.717) is 23.8 Å². The molecule has 0 bridgehead atoms. The molecule has 22 heavy (non-hydrogen) atoms. The van der Waals surface area contributed by atoms with E-state index in [2.05, 4.69) is 5.32 Å². The number of carbonyl (C=O) groups is 1. The van der Waals surface area contributed by atoms with Crippen molar-refractivity contribution < 1.29 is 14.5 Å². The molecule has 1 aromatic rings. The fraction of sp³-hybridized carbons (Fsp3) is 0.429. The van der Waals surface area contributed by atoms with Crippen molar-refractivity contribution in [2.45, 2.75) is 26.1 Å². The summed E-state index contributed by atoms with van der Waals surface area (Å²) in [4.78, 5) is 24.1. The molecule has 1 aliphatic rings. The van der Waals surface area contributed by atoms with Crippen molar-refractivity contribution in [1.29, 1.82) is 0 Å². The van der Waals surface area contributed by atoms with E-state index in [1.807, 2.05) is 18.7 Å². The molecule has 2 atom stereocenters. The van der Waals surface area contributed by atoms with Crippen molar-refractivity contribution in [2.75, 3.05) is 13.1 Å². The highest BCUT2D eigenvalue weighted by Gasteiger charge is 2.25. The molecule has 8 heteroatoms. The van der Waals surface area contributed by atoms with Crippen LogP contribution in [0.3, 0.4) is 0 Å². The zero-order chi connectivity index (χ0) is 16.3. The lowest BCUT2D eigenvalue weighted by Crippen LogP contribution is -2.52. The van der Waals surface area contributed by atoms with Crippen molar-refractivity contribution >= 4 is 28.9 Å². The smallest absolute Gasteiger partial charge is 0.269 e. The minimum Gasteiger partial charge on any atom is -0.372 e. The van der Waals surface area contributed by atoms with Gasteiger partial charge in [-0.3, -0.25) is 20.2 Å². The molecule has 1 aromatic carbocycles. The van der Waals surface area contributed by atoms with E-state index >= 15 is 0 Å². The molecule has 1 saturated heterocycles. The van der Waals surface area contributed by atoms with Gasteiger partial charge in [-0.2, -0.15) is 0 Å². The first-order valence-corrected chi connectivity index (χ1v) is 7.28. The Kier molecular flexibility index (Phi) is 5.04. The molecule has 1 heterocycles. The quantitative estimate of drug-likeness (QED) is 0.507. The van der Waals surface area contributed by atoms with Gasteiger partial charge in [-0.25, -0.2) is 0 Å². The van der Waals surface area contributed by atoms with E-state index in [1.165, 1.54) is 24.3 Å². The highest BCUT2D eigenvalue weighted by atomic mass is 32.1. The van der Waals surface area contributed by atoms with Crippen molar-refractivity contribution in [2.24, 2.45) is 0 Å². The summed E-state index contributed by atoms with van der Waals surface area (Å²) >= 11 is 5.25. The van der Waals surface area contributed by atoms with Crippen LogP contribution in [-0.2, 0) is 4.74 Å². The van der Waals surface area contributed by atoms with Gasteiger partial charge >= 0.3 is 0 Å². The summed E-state index contributed by atoms with van der Waals surface area (Å²) in [6.07, 6.45) is 0.0796. The SMILES string of the molecule is C[C@@H]1CN(C(=S)NC(=O)c2ccc([N+](=O)[O-])cc2)C[C@H](C)O1. The maximum absolute atomic E-state index is 12.1. The standard InChI is InChI=1S/C14H17N3O4S/c1-9-7-16(8-10(2)21-9)14(22)15-13(18)11-3-5-12(6-4-11)17(19)20/h3-6,9-10H,7-8H2,1-2H3,(H,15,18,22)/t9-,10+. The van der Waals surface area contributed by atoms with Crippen LogP contribution in [0.2, 0.25) is 0 Å². The third-order valence-corrected chi connectivity index (χ3v) is 3.63. The van der Waals surface area contributed by atoms with Gasteiger partial charge < -0.3 is 9.64 Å². The number of hydrogen-bond acceptors (Lipinski definition) is 5. The van der Waals surface area contributed by atoms with Crippen LogP contribution in [0, 0.1) is 10.1 Å². The monoisotopic (exact) mass is 323 g/mol. The number of benzene rings is 1. The van der Waals surface area contributed by atoms with Gasteiger partial charge in [-0.05, 0) is 38.2 Å². The van der Waals surface area contributed by atoms with Crippen molar-refractivity contribution in [1.82, 2.24) is 10.2 Å². The van der Waals surface area contributed by atoms with Gasteiger partial charge in [0.2, 0.25) is 0 Å². The van der Waals surface area contributed by atoms with E-state index in [0.717, 1.165) is 0 Å². The number of thiocarbonyl (C=S) groups is 1. The average Bonchev–Trinajstić information content (AvgIpc) is 2.46. The highest BCUT2D eigenvalue weighted by molar-refractivity contribution is 7.80. The van der Waals surface area contributed by atoms with E-state index in [9.17, 15) is 14.9 Å². The van der Waals surface area contributed by atoms with Gasteiger partial charge in [0.1, 0.15) is 0 Å². The zero-order valence-corrected chi connectivity index (χ0v) is 13.1. The molecule has 0 radical (unpaired) electrons. The number of rotatable bonds is 2. The lowest BCUT2D eigenvalue weighted by Gasteiger charge is -2.36. The fourth-order valence-electron chi connectivity index (χ4n) is 2.33. The third kappa shape index (κ3) is 3.99. The Morgan fingerprint density at radius 2 is 1.86 bits per heavy atom. The maximum atomic E-state index is 12.1. The number of hydrogen-bond donors (Lipinski definition) is 1. The van der Waals surface area contributed by atoms with Gasteiger partial charge in [-0.1, -0.05) is 0 Å². The summed E-state index contributed by atoms with van der Waals surface area (Å²) in [7, 11) is 0. The van der Waals surface area contributed by atoms with Crippen molar-refractivity contribution in [3.63, 3.8) is 0 Å². The van der Waals surface area contributed by atoms with Crippen molar-refractivity contribution in [3.05, 3.63) is 39.9 Å². The van der Waals surface area contributed by atoms with Crippen LogP contribution in [0.4, 0.5) is 5.69 Å². The van der Waals surface area contributed by atoms with Gasteiger partial charge in [-0.15, -0.1) is 0 Å². The Hall–Kier alpha value is -2.06. The van der Waals surface area contributed by atoms with Gasteiger partial charge in [0.05, 0.1) is 17.1 Å². The van der Waals surface area contributed by atoms with E-state index in [1.54, 1.807) is 0 Å². The predicted octanol–water partition coefficient (Wildman–Crippen LogP) is 1.72. The predicted molar refractivity (Wildman–Crippen MR) is 84.7 cm³/mol. The van der Waals surface area contributed by atoms with Crippen LogP contribution >= 0.6 is 12.2 Å². The second-order valence-corrected chi connectivity index (χ2v) is 5.61. The molecular formula is C14H17N3O4S. The number of nitrogens with zero attached hydrogens (tertiary/aromatic N) is 2. The number of non-ortho nitro benzene ring substituents is 1. The summed E-state index contributed by atoms with van der Waals surface area (Å²) in [6.45, 7) is 5.13. The Morgan fingerprint density at radius 1 is 1.32 bits per heavy atom. The van der Waals surface area contributed by atoms with Gasteiger partial charge in [0.25, 0.3) is 11.6 Å². The van der Waals surface area contributed by atoms with Gasteiger partial charge in [0, 0.05) is 30.8 Å². The molecule has 0 saturated carbocycles. The van der Waals surface area contributed by atoms with Crippen molar-refractivity contribution in [3.8, 4) is 0 Å². The average molecular weight is 323 g/mol. The van der Waals surface area contributed by atoms with Crippen LogP contribution in [-0.4, -0.2) is 46.1 Å². The minimum atomic E-state index is -0.511. The Labute approximate surface area is 133 Å². The number of nitro groups is 1. The molecule has 2 rings (SSSR count). The third-order valence-electron chi connectivity index (χ3n) is 3.27. The Bertz CT molecular complexity index is 580. The number of ether oxygens (including phenoxy) is 1. The van der Waals surface area contributed by atoms with Crippen LogP contribution in [0.25, 0.3) is 0 Å². The summed E-state index contributed by atoms with van der Waals surface area (Å²) in [5.41, 5.74) is 0.261. The molecule has 1 amide bonds. The molecule has 0 aliphatic carbocycles.